The lowest BCUT2D eigenvalue weighted by Crippen LogP contribution is -2.49. The van der Waals surface area contributed by atoms with Gasteiger partial charge in [0.05, 0.1) is 11.5 Å². The van der Waals surface area contributed by atoms with Crippen LogP contribution in [0.5, 0.6) is 0 Å². The molecule has 2 N–H and O–H groups in total. The van der Waals surface area contributed by atoms with Crippen LogP contribution >= 0.6 is 0 Å². The third-order valence-electron chi connectivity index (χ3n) is 4.88. The Kier molecular flexibility index (Phi) is 3.45. The minimum atomic E-state index is -0.715. The van der Waals surface area contributed by atoms with E-state index in [0.717, 1.165) is 25.1 Å². The van der Waals surface area contributed by atoms with Crippen molar-refractivity contribution < 1.29 is 14.7 Å². The lowest BCUT2D eigenvalue weighted by atomic mass is 9.96. The maximum atomic E-state index is 12.3. The van der Waals surface area contributed by atoms with Crippen molar-refractivity contribution in [2.45, 2.75) is 25.8 Å². The predicted molar refractivity (Wildman–Crippen MR) is 78.9 cm³/mol. The number of hydrogen-bond donors (Lipinski definition) is 2. The van der Waals surface area contributed by atoms with Crippen molar-refractivity contribution in [3.8, 4) is 0 Å². The lowest BCUT2D eigenvalue weighted by Gasteiger charge is -2.34. The van der Waals surface area contributed by atoms with Crippen LogP contribution in [-0.4, -0.2) is 41.0 Å². The molecule has 2 fully saturated rings. The van der Waals surface area contributed by atoms with Gasteiger partial charge in [0.2, 0.25) is 5.91 Å². The summed E-state index contributed by atoms with van der Waals surface area (Å²) in [6, 6.07) is 9.01. The topological polar surface area (TPSA) is 69.6 Å². The Labute approximate surface area is 123 Å². The van der Waals surface area contributed by atoms with Gasteiger partial charge in [0.25, 0.3) is 0 Å². The molecule has 21 heavy (non-hydrogen) atoms. The molecule has 0 radical (unpaired) electrons. The van der Waals surface area contributed by atoms with Crippen LogP contribution in [0.15, 0.2) is 30.3 Å². The Balaban J connectivity index is 1.64. The summed E-state index contributed by atoms with van der Waals surface area (Å²) in [5.41, 5.74) is 0.170. The molecular formula is C16H20N2O3. The van der Waals surface area contributed by atoms with E-state index in [9.17, 15) is 14.7 Å². The molecule has 5 nitrogen and oxygen atoms in total. The number of carbonyl (C=O) groups excluding carboxylic acids is 1. The van der Waals surface area contributed by atoms with Gasteiger partial charge in [0.15, 0.2) is 0 Å². The molecule has 1 aromatic carbocycles. The Hall–Kier alpha value is -1.88. The lowest BCUT2D eigenvalue weighted by molar-refractivity contribution is -0.146. The zero-order valence-corrected chi connectivity index (χ0v) is 12.1. The SMILES string of the molecule is CC(C(=O)Nc1ccccc1)N1CCC2CC2(C(=O)O)C1. The molecule has 0 bridgehead atoms. The molecule has 1 amide bonds. The van der Waals surface area contributed by atoms with Gasteiger partial charge < -0.3 is 10.4 Å². The second-order valence-corrected chi connectivity index (χ2v) is 6.15. The first-order chi connectivity index (χ1) is 10.0. The average Bonchev–Trinajstić information content (AvgIpc) is 3.22. The summed E-state index contributed by atoms with van der Waals surface area (Å²) in [5, 5.41) is 12.3. The number of rotatable bonds is 4. The number of fused-ring (bicyclic) bond motifs is 1. The zero-order chi connectivity index (χ0) is 15.0. The number of hydrogen-bond acceptors (Lipinski definition) is 3. The Bertz CT molecular complexity index is 560. The van der Waals surface area contributed by atoms with Crippen LogP contribution in [-0.2, 0) is 9.59 Å². The fourth-order valence-electron chi connectivity index (χ4n) is 3.31. The number of nitrogens with one attached hydrogen (secondary N) is 1. The molecule has 1 saturated carbocycles. The van der Waals surface area contributed by atoms with E-state index in [1.807, 2.05) is 42.2 Å². The van der Waals surface area contributed by atoms with Gasteiger partial charge >= 0.3 is 5.97 Å². The maximum Gasteiger partial charge on any atom is 0.311 e. The van der Waals surface area contributed by atoms with Crippen LogP contribution in [0, 0.1) is 11.3 Å². The van der Waals surface area contributed by atoms with Gasteiger partial charge in [-0.25, -0.2) is 0 Å². The molecule has 0 spiro atoms. The highest BCUT2D eigenvalue weighted by atomic mass is 16.4. The molecular weight excluding hydrogens is 268 g/mol. The molecule has 1 aromatic rings. The minimum absolute atomic E-state index is 0.0826. The van der Waals surface area contributed by atoms with E-state index in [2.05, 4.69) is 5.32 Å². The van der Waals surface area contributed by atoms with Crippen molar-refractivity contribution >= 4 is 17.6 Å². The van der Waals surface area contributed by atoms with Gasteiger partial charge in [-0.3, -0.25) is 14.5 Å². The number of carboxylic acid groups (broad SMARTS) is 1. The largest absolute Gasteiger partial charge is 0.481 e. The normalized spacial score (nSPS) is 29.3. The molecule has 1 heterocycles. The maximum absolute atomic E-state index is 12.3. The summed E-state index contributed by atoms with van der Waals surface area (Å²) in [6.45, 7) is 3.12. The fourth-order valence-corrected chi connectivity index (χ4v) is 3.31. The number of para-hydroxylation sites is 1. The van der Waals surface area contributed by atoms with Crippen LogP contribution in [0.3, 0.4) is 0 Å². The number of anilines is 1. The molecule has 1 saturated heterocycles. The number of carbonyl (C=O) groups is 2. The van der Waals surface area contributed by atoms with Crippen LogP contribution in [0.4, 0.5) is 5.69 Å². The van der Waals surface area contributed by atoms with Gasteiger partial charge in [-0.2, -0.15) is 0 Å². The fraction of sp³-hybridized carbons (Fsp3) is 0.500. The number of benzene rings is 1. The number of likely N-dealkylation sites (tertiary alicyclic amines) is 1. The Morgan fingerprint density at radius 2 is 2.10 bits per heavy atom. The van der Waals surface area contributed by atoms with E-state index in [1.165, 1.54) is 0 Å². The Morgan fingerprint density at radius 3 is 2.76 bits per heavy atom. The van der Waals surface area contributed by atoms with Crippen LogP contribution in [0.25, 0.3) is 0 Å². The number of nitrogens with zero attached hydrogens (tertiary/aromatic N) is 1. The molecule has 0 aromatic heterocycles. The summed E-state index contributed by atoms with van der Waals surface area (Å²) in [4.78, 5) is 25.7. The van der Waals surface area contributed by atoms with Gasteiger partial charge in [0, 0.05) is 12.2 Å². The highest BCUT2D eigenvalue weighted by molar-refractivity contribution is 5.94. The van der Waals surface area contributed by atoms with Crippen molar-refractivity contribution in [2.24, 2.45) is 11.3 Å². The number of piperidine rings is 1. The number of amides is 1. The number of carboxylic acids is 1. The molecule has 1 aliphatic heterocycles. The van der Waals surface area contributed by atoms with Gasteiger partial charge in [-0.1, -0.05) is 18.2 Å². The highest BCUT2D eigenvalue weighted by Gasteiger charge is 2.62. The van der Waals surface area contributed by atoms with Crippen LogP contribution < -0.4 is 5.32 Å². The summed E-state index contributed by atoms with van der Waals surface area (Å²) in [7, 11) is 0. The molecule has 5 heteroatoms. The predicted octanol–water partition coefficient (Wildman–Crippen LogP) is 1.81. The van der Waals surface area contributed by atoms with E-state index >= 15 is 0 Å². The summed E-state index contributed by atoms with van der Waals surface area (Å²) >= 11 is 0. The second kappa shape index (κ2) is 5.15. The van der Waals surface area contributed by atoms with E-state index in [-0.39, 0.29) is 11.9 Å². The summed E-state index contributed by atoms with van der Waals surface area (Å²) in [5.74, 6) is -0.496. The monoisotopic (exact) mass is 288 g/mol. The second-order valence-electron chi connectivity index (χ2n) is 6.15. The van der Waals surface area contributed by atoms with Gasteiger partial charge in [0.1, 0.15) is 0 Å². The van der Waals surface area contributed by atoms with Gasteiger partial charge in [-0.05, 0) is 44.4 Å². The van der Waals surface area contributed by atoms with E-state index < -0.39 is 11.4 Å². The summed E-state index contributed by atoms with van der Waals surface area (Å²) in [6.07, 6.45) is 1.63. The first-order valence-electron chi connectivity index (χ1n) is 7.36. The molecule has 3 rings (SSSR count). The van der Waals surface area contributed by atoms with Crippen LogP contribution in [0.1, 0.15) is 19.8 Å². The van der Waals surface area contributed by atoms with Gasteiger partial charge in [-0.15, -0.1) is 0 Å². The third kappa shape index (κ3) is 2.53. The molecule has 2 aliphatic rings. The van der Waals surface area contributed by atoms with E-state index in [0.29, 0.717) is 12.5 Å². The standard InChI is InChI=1S/C16H20N2O3/c1-11(14(19)17-13-5-3-2-4-6-13)18-8-7-12-9-16(12,10-18)15(20)21/h2-6,11-12H,7-10H2,1H3,(H,17,19)(H,20,21). The van der Waals surface area contributed by atoms with Crippen molar-refractivity contribution in [1.82, 2.24) is 4.90 Å². The van der Waals surface area contributed by atoms with Crippen molar-refractivity contribution in [2.75, 3.05) is 18.4 Å². The smallest absolute Gasteiger partial charge is 0.311 e. The number of aliphatic carboxylic acids is 1. The van der Waals surface area contributed by atoms with Crippen molar-refractivity contribution in [1.29, 1.82) is 0 Å². The zero-order valence-electron chi connectivity index (χ0n) is 12.1. The summed E-state index contributed by atoms with van der Waals surface area (Å²) < 4.78 is 0. The Morgan fingerprint density at radius 1 is 1.38 bits per heavy atom. The van der Waals surface area contributed by atoms with E-state index in [1.54, 1.807) is 0 Å². The quantitative estimate of drug-likeness (QED) is 0.886. The highest BCUT2D eigenvalue weighted by Crippen LogP contribution is 2.57. The molecule has 112 valence electrons. The van der Waals surface area contributed by atoms with E-state index in [4.69, 9.17) is 0 Å². The average molecular weight is 288 g/mol. The third-order valence-corrected chi connectivity index (χ3v) is 4.88. The van der Waals surface area contributed by atoms with Crippen molar-refractivity contribution in [3.05, 3.63) is 30.3 Å². The van der Waals surface area contributed by atoms with Crippen molar-refractivity contribution in [3.63, 3.8) is 0 Å². The molecule has 3 atom stereocenters. The molecule has 1 aliphatic carbocycles. The molecule has 3 unspecified atom stereocenters. The first kappa shape index (κ1) is 14.1. The van der Waals surface area contributed by atoms with Crippen LogP contribution in [0.2, 0.25) is 0 Å². The first-order valence-corrected chi connectivity index (χ1v) is 7.36. The minimum Gasteiger partial charge on any atom is -0.481 e.